The number of carbonyl (C=O) groups is 1. The lowest BCUT2D eigenvalue weighted by Gasteiger charge is -2.14. The van der Waals surface area contributed by atoms with Crippen LogP contribution in [-0.4, -0.2) is 19.2 Å². The Morgan fingerprint density at radius 3 is 2.38 bits per heavy atom. The van der Waals surface area contributed by atoms with Crippen LogP contribution in [0.5, 0.6) is 0 Å². The van der Waals surface area contributed by atoms with Gasteiger partial charge in [-0.2, -0.15) is 0 Å². The van der Waals surface area contributed by atoms with Gasteiger partial charge < -0.3 is 14.5 Å². The molecule has 0 spiro atoms. The zero-order valence-corrected chi connectivity index (χ0v) is 14.2. The normalized spacial score (nSPS) is 12.8. The van der Waals surface area contributed by atoms with E-state index in [2.05, 4.69) is 29.6 Å². The molecule has 0 atom stereocenters. The molecule has 1 heterocycles. The van der Waals surface area contributed by atoms with E-state index in [0.29, 0.717) is 13.2 Å². The maximum absolute atomic E-state index is 12.0. The fourth-order valence-corrected chi connectivity index (χ4v) is 3.36. The molecule has 1 aromatic heterocycles. The van der Waals surface area contributed by atoms with Crippen LogP contribution < -0.4 is 5.32 Å². The SMILES string of the molecule is O=C(NCC=Cc1ccoc1)OCC1c2ccccc2-c2ccccc21. The maximum Gasteiger partial charge on any atom is 0.407 e. The van der Waals surface area contributed by atoms with Crippen molar-refractivity contribution in [1.29, 1.82) is 0 Å². The Labute approximate surface area is 152 Å². The van der Waals surface area contributed by atoms with Crippen molar-refractivity contribution in [2.45, 2.75) is 5.92 Å². The van der Waals surface area contributed by atoms with Crippen LogP contribution in [-0.2, 0) is 4.74 Å². The van der Waals surface area contributed by atoms with E-state index in [1.165, 1.54) is 22.3 Å². The second-order valence-electron chi connectivity index (χ2n) is 6.17. The van der Waals surface area contributed by atoms with Gasteiger partial charge in [0, 0.05) is 18.0 Å². The number of ether oxygens (including phenoxy) is 1. The van der Waals surface area contributed by atoms with Gasteiger partial charge in [0.2, 0.25) is 0 Å². The van der Waals surface area contributed by atoms with Gasteiger partial charge in [-0.15, -0.1) is 0 Å². The molecule has 2 aromatic carbocycles. The summed E-state index contributed by atoms with van der Waals surface area (Å²) in [4.78, 5) is 12.0. The Morgan fingerprint density at radius 1 is 1.04 bits per heavy atom. The van der Waals surface area contributed by atoms with Gasteiger partial charge in [0.1, 0.15) is 6.61 Å². The summed E-state index contributed by atoms with van der Waals surface area (Å²) in [5.74, 6) is 0.0784. The standard InChI is InChI=1S/C22H19NO3/c24-22(23-12-5-6-16-11-13-25-14-16)26-15-21-19-9-3-1-7-17(19)18-8-2-4-10-20(18)21/h1-11,13-14,21H,12,15H2,(H,23,24). The van der Waals surface area contributed by atoms with Crippen molar-refractivity contribution in [3.63, 3.8) is 0 Å². The fourth-order valence-electron chi connectivity index (χ4n) is 3.36. The molecule has 0 saturated carbocycles. The van der Waals surface area contributed by atoms with Crippen LogP contribution in [0.15, 0.2) is 77.6 Å². The first kappa shape index (κ1) is 16.2. The van der Waals surface area contributed by atoms with Gasteiger partial charge in [-0.05, 0) is 28.3 Å². The highest BCUT2D eigenvalue weighted by molar-refractivity contribution is 5.79. The van der Waals surface area contributed by atoms with E-state index in [1.807, 2.05) is 42.5 Å². The zero-order valence-electron chi connectivity index (χ0n) is 14.2. The van der Waals surface area contributed by atoms with Crippen molar-refractivity contribution in [2.75, 3.05) is 13.2 Å². The first-order chi connectivity index (χ1) is 12.8. The molecule has 1 aliphatic carbocycles. The second-order valence-corrected chi connectivity index (χ2v) is 6.17. The van der Waals surface area contributed by atoms with Crippen molar-refractivity contribution in [3.8, 4) is 11.1 Å². The Bertz CT molecular complexity index is 883. The zero-order chi connectivity index (χ0) is 17.8. The summed E-state index contributed by atoms with van der Waals surface area (Å²) in [6, 6.07) is 18.4. The summed E-state index contributed by atoms with van der Waals surface area (Å²) in [5.41, 5.74) is 5.82. The van der Waals surface area contributed by atoms with E-state index >= 15 is 0 Å². The van der Waals surface area contributed by atoms with Gasteiger partial charge in [0.15, 0.2) is 0 Å². The molecule has 1 amide bonds. The monoisotopic (exact) mass is 345 g/mol. The lowest BCUT2D eigenvalue weighted by atomic mass is 9.98. The minimum Gasteiger partial charge on any atom is -0.472 e. The third kappa shape index (κ3) is 3.26. The lowest BCUT2D eigenvalue weighted by molar-refractivity contribution is 0.144. The molecular weight excluding hydrogens is 326 g/mol. The number of fused-ring (bicyclic) bond motifs is 3. The number of nitrogens with one attached hydrogen (secondary N) is 1. The third-order valence-corrected chi connectivity index (χ3v) is 4.56. The molecular formula is C22H19NO3. The summed E-state index contributed by atoms with van der Waals surface area (Å²) >= 11 is 0. The van der Waals surface area contributed by atoms with Crippen LogP contribution >= 0.6 is 0 Å². The summed E-state index contributed by atoms with van der Waals surface area (Å²) in [7, 11) is 0. The molecule has 4 nitrogen and oxygen atoms in total. The number of carbonyl (C=O) groups excluding carboxylic acids is 1. The molecule has 4 heteroatoms. The first-order valence-corrected chi connectivity index (χ1v) is 8.60. The van der Waals surface area contributed by atoms with E-state index in [4.69, 9.17) is 9.15 Å². The molecule has 0 fully saturated rings. The van der Waals surface area contributed by atoms with Crippen molar-refractivity contribution in [2.24, 2.45) is 0 Å². The van der Waals surface area contributed by atoms with Crippen LogP contribution in [0.25, 0.3) is 17.2 Å². The third-order valence-electron chi connectivity index (χ3n) is 4.56. The molecule has 1 aliphatic rings. The van der Waals surface area contributed by atoms with Gasteiger partial charge in [-0.25, -0.2) is 4.79 Å². The summed E-state index contributed by atoms with van der Waals surface area (Å²) in [5, 5.41) is 2.74. The second kappa shape index (κ2) is 7.31. The number of hydrogen-bond donors (Lipinski definition) is 1. The van der Waals surface area contributed by atoms with Crippen molar-refractivity contribution in [3.05, 3.63) is 89.9 Å². The highest BCUT2D eigenvalue weighted by Crippen LogP contribution is 2.44. The number of alkyl carbamates (subject to hydrolysis) is 1. The highest BCUT2D eigenvalue weighted by Gasteiger charge is 2.28. The minimum atomic E-state index is -0.413. The highest BCUT2D eigenvalue weighted by atomic mass is 16.5. The lowest BCUT2D eigenvalue weighted by Crippen LogP contribution is -2.26. The molecule has 3 aromatic rings. The average molecular weight is 345 g/mol. The summed E-state index contributed by atoms with van der Waals surface area (Å²) in [6.07, 6.45) is 6.57. The molecule has 0 bridgehead atoms. The number of amides is 1. The molecule has 26 heavy (non-hydrogen) atoms. The number of furan rings is 1. The number of hydrogen-bond acceptors (Lipinski definition) is 3. The summed E-state index contributed by atoms with van der Waals surface area (Å²) < 4.78 is 10.5. The summed E-state index contributed by atoms with van der Waals surface area (Å²) in [6.45, 7) is 0.729. The smallest absolute Gasteiger partial charge is 0.407 e. The number of benzene rings is 2. The van der Waals surface area contributed by atoms with E-state index < -0.39 is 6.09 Å². The van der Waals surface area contributed by atoms with Crippen LogP contribution in [0.1, 0.15) is 22.6 Å². The minimum absolute atomic E-state index is 0.0784. The Kier molecular flexibility index (Phi) is 4.56. The van der Waals surface area contributed by atoms with E-state index in [9.17, 15) is 4.79 Å². The van der Waals surface area contributed by atoms with Crippen molar-refractivity contribution in [1.82, 2.24) is 5.32 Å². The quantitative estimate of drug-likeness (QED) is 0.720. The molecule has 0 unspecified atom stereocenters. The van der Waals surface area contributed by atoms with E-state index in [-0.39, 0.29) is 5.92 Å². The predicted molar refractivity (Wildman–Crippen MR) is 101 cm³/mol. The van der Waals surface area contributed by atoms with Gasteiger partial charge in [0.25, 0.3) is 0 Å². The van der Waals surface area contributed by atoms with Gasteiger partial charge in [-0.3, -0.25) is 0 Å². The van der Waals surface area contributed by atoms with Crippen molar-refractivity contribution < 1.29 is 13.9 Å². The maximum atomic E-state index is 12.0. The van der Waals surface area contributed by atoms with E-state index in [0.717, 1.165) is 5.56 Å². The Hall–Kier alpha value is -3.27. The fraction of sp³-hybridized carbons (Fsp3) is 0.136. The molecule has 4 rings (SSSR count). The first-order valence-electron chi connectivity index (χ1n) is 8.60. The average Bonchev–Trinajstić information content (AvgIpc) is 3.30. The van der Waals surface area contributed by atoms with Crippen LogP contribution in [0.4, 0.5) is 4.79 Å². The molecule has 1 N–H and O–H groups in total. The van der Waals surface area contributed by atoms with Crippen LogP contribution in [0.2, 0.25) is 0 Å². The van der Waals surface area contributed by atoms with Gasteiger partial charge in [0.05, 0.1) is 12.5 Å². The molecule has 0 radical (unpaired) electrons. The molecule has 0 aliphatic heterocycles. The molecule has 130 valence electrons. The number of rotatable bonds is 5. The van der Waals surface area contributed by atoms with Crippen LogP contribution in [0.3, 0.4) is 0 Å². The molecule has 0 saturated heterocycles. The topological polar surface area (TPSA) is 51.5 Å². The Morgan fingerprint density at radius 2 is 1.73 bits per heavy atom. The van der Waals surface area contributed by atoms with E-state index in [1.54, 1.807) is 12.5 Å². The van der Waals surface area contributed by atoms with Crippen LogP contribution in [0, 0.1) is 0 Å². The Balaban J connectivity index is 1.36. The largest absolute Gasteiger partial charge is 0.472 e. The predicted octanol–water partition coefficient (Wildman–Crippen LogP) is 4.83. The van der Waals surface area contributed by atoms with Gasteiger partial charge >= 0.3 is 6.09 Å². The van der Waals surface area contributed by atoms with Gasteiger partial charge in [-0.1, -0.05) is 60.7 Å². The van der Waals surface area contributed by atoms with Crippen molar-refractivity contribution >= 4 is 12.2 Å².